The molecule has 7 heteroatoms. The number of hydrogen-bond donors (Lipinski definition) is 2. The Kier molecular flexibility index (Phi) is 5.77. The second-order valence-electron chi connectivity index (χ2n) is 4.32. The summed E-state index contributed by atoms with van der Waals surface area (Å²) in [5, 5.41) is 5.11. The van der Waals surface area contributed by atoms with Crippen molar-refractivity contribution in [2.45, 2.75) is 10.0 Å². The summed E-state index contributed by atoms with van der Waals surface area (Å²) in [7, 11) is 0. The Balaban J connectivity index is 2.02. The number of alkyl halides is 3. The molecule has 0 fully saturated rings. The summed E-state index contributed by atoms with van der Waals surface area (Å²) in [5.41, 5.74) is 0.614. The average molecular weight is 360 g/mol. The number of carbonyl (C=O) groups excluding carboxylic acids is 1. The Labute approximate surface area is 143 Å². The summed E-state index contributed by atoms with van der Waals surface area (Å²) >= 11 is 17.6. The third kappa shape index (κ3) is 5.30. The van der Waals surface area contributed by atoms with Crippen LogP contribution in [0.1, 0.15) is 0 Å². The number of nitrogens with one attached hydrogen (secondary N) is 2. The molecule has 0 heterocycles. The highest BCUT2D eigenvalue weighted by molar-refractivity contribution is 6.68. The molecule has 0 saturated heterocycles. The van der Waals surface area contributed by atoms with E-state index in [2.05, 4.69) is 10.6 Å². The molecule has 0 aliphatic rings. The first-order valence-electron chi connectivity index (χ1n) is 6.36. The monoisotopic (exact) mass is 358 g/mol. The molecule has 0 aliphatic carbocycles. The zero-order valence-corrected chi connectivity index (χ0v) is 13.6. The highest BCUT2D eigenvalue weighted by Gasteiger charge is 2.36. The summed E-state index contributed by atoms with van der Waals surface area (Å²) in [6.45, 7) is 0. The maximum absolute atomic E-state index is 12.0. The van der Waals surface area contributed by atoms with Gasteiger partial charge in [-0.2, -0.15) is 0 Å². The third-order valence-corrected chi connectivity index (χ3v) is 3.18. The van der Waals surface area contributed by atoms with E-state index < -0.39 is 16.1 Å². The average Bonchev–Trinajstić information content (AvgIpc) is 2.48. The van der Waals surface area contributed by atoms with Crippen molar-refractivity contribution < 1.29 is 9.53 Å². The quantitative estimate of drug-likeness (QED) is 0.620. The molecule has 22 heavy (non-hydrogen) atoms. The topological polar surface area (TPSA) is 50.4 Å². The second kappa shape index (κ2) is 7.58. The minimum atomic E-state index is -1.83. The minimum Gasteiger partial charge on any atom is -0.466 e. The number of hydrogen-bond acceptors (Lipinski definition) is 2. The largest absolute Gasteiger partial charge is 0.466 e. The number of anilines is 1. The molecule has 2 aromatic rings. The molecule has 4 nitrogen and oxygen atoms in total. The summed E-state index contributed by atoms with van der Waals surface area (Å²) in [5.74, 6) is 0.471. The molecule has 0 aliphatic heterocycles. The lowest BCUT2D eigenvalue weighted by Crippen LogP contribution is -2.49. The van der Waals surface area contributed by atoms with Gasteiger partial charge in [0.25, 0.3) is 0 Å². The molecule has 0 aromatic heterocycles. The van der Waals surface area contributed by atoms with Crippen LogP contribution in [0.25, 0.3) is 0 Å². The van der Waals surface area contributed by atoms with Crippen LogP contribution in [0.2, 0.25) is 0 Å². The molecule has 0 unspecified atom stereocenters. The molecule has 0 saturated carbocycles. The van der Waals surface area contributed by atoms with Crippen molar-refractivity contribution in [1.29, 1.82) is 0 Å². The molecule has 0 bridgehead atoms. The molecule has 2 amide bonds. The summed E-state index contributed by atoms with van der Waals surface area (Å²) in [4.78, 5) is 12.0. The number of urea groups is 1. The number of rotatable bonds is 4. The van der Waals surface area contributed by atoms with Crippen LogP contribution in [0.15, 0.2) is 60.7 Å². The van der Waals surface area contributed by atoms with Crippen LogP contribution in [0.3, 0.4) is 0 Å². The standard InChI is InChI=1S/C15H13Cl3N2O2/c16-15(17,18)13(22-12-9-5-2-6-10-12)20-14(21)19-11-7-3-1-4-8-11/h1-10,13H,(H2,19,20,21)/t13-/m1/s1. The first kappa shape index (κ1) is 16.7. The van der Waals surface area contributed by atoms with Crippen LogP contribution in [0, 0.1) is 0 Å². The van der Waals surface area contributed by atoms with Gasteiger partial charge in [0, 0.05) is 5.69 Å². The summed E-state index contributed by atoms with van der Waals surface area (Å²) < 4.78 is 3.69. The van der Waals surface area contributed by atoms with Gasteiger partial charge in [-0.1, -0.05) is 71.2 Å². The maximum atomic E-state index is 12.0. The van der Waals surface area contributed by atoms with E-state index in [9.17, 15) is 4.79 Å². The number of benzene rings is 2. The lowest BCUT2D eigenvalue weighted by atomic mass is 10.3. The van der Waals surface area contributed by atoms with Crippen LogP contribution in [-0.2, 0) is 0 Å². The molecule has 0 spiro atoms. The van der Waals surface area contributed by atoms with E-state index in [1.165, 1.54) is 0 Å². The maximum Gasteiger partial charge on any atom is 0.322 e. The van der Waals surface area contributed by atoms with Gasteiger partial charge >= 0.3 is 6.03 Å². The van der Waals surface area contributed by atoms with Gasteiger partial charge < -0.3 is 10.1 Å². The normalized spacial score (nSPS) is 12.3. The predicted molar refractivity (Wildman–Crippen MR) is 89.7 cm³/mol. The lowest BCUT2D eigenvalue weighted by molar-refractivity contribution is 0.170. The number of ether oxygens (including phenoxy) is 1. The van der Waals surface area contributed by atoms with E-state index in [-0.39, 0.29) is 0 Å². The minimum absolute atomic E-state index is 0.471. The second-order valence-corrected chi connectivity index (χ2v) is 6.69. The van der Waals surface area contributed by atoms with Crippen molar-refractivity contribution >= 4 is 46.5 Å². The zero-order valence-electron chi connectivity index (χ0n) is 11.3. The van der Waals surface area contributed by atoms with Crippen molar-refractivity contribution in [3.63, 3.8) is 0 Å². The molecular formula is C15H13Cl3N2O2. The Morgan fingerprint density at radius 2 is 1.50 bits per heavy atom. The molecule has 2 rings (SSSR count). The number of carbonyl (C=O) groups is 1. The summed E-state index contributed by atoms with van der Waals surface area (Å²) in [6, 6.07) is 17.1. The Morgan fingerprint density at radius 3 is 2.05 bits per heavy atom. The fraction of sp³-hybridized carbons (Fsp3) is 0.133. The fourth-order valence-electron chi connectivity index (χ4n) is 1.62. The van der Waals surface area contributed by atoms with Crippen LogP contribution < -0.4 is 15.4 Å². The number of amides is 2. The van der Waals surface area contributed by atoms with Crippen molar-refractivity contribution in [3.05, 3.63) is 60.7 Å². The molecule has 2 N–H and O–H groups in total. The Bertz CT molecular complexity index is 603. The van der Waals surface area contributed by atoms with Gasteiger partial charge in [0.1, 0.15) is 5.75 Å². The van der Waals surface area contributed by atoms with Gasteiger partial charge in [0.05, 0.1) is 0 Å². The van der Waals surface area contributed by atoms with E-state index in [1.807, 2.05) is 12.1 Å². The van der Waals surface area contributed by atoms with Gasteiger partial charge in [0.15, 0.2) is 0 Å². The van der Waals surface area contributed by atoms with E-state index >= 15 is 0 Å². The van der Waals surface area contributed by atoms with Gasteiger partial charge in [-0.3, -0.25) is 5.32 Å². The van der Waals surface area contributed by atoms with Gasteiger partial charge in [-0.25, -0.2) is 4.79 Å². The number of para-hydroxylation sites is 2. The fourth-order valence-corrected chi connectivity index (χ4v) is 1.92. The highest BCUT2D eigenvalue weighted by Crippen LogP contribution is 2.31. The van der Waals surface area contributed by atoms with Gasteiger partial charge in [-0.05, 0) is 24.3 Å². The van der Waals surface area contributed by atoms with E-state index in [0.29, 0.717) is 11.4 Å². The predicted octanol–water partition coefficient (Wildman–Crippen LogP) is 4.58. The van der Waals surface area contributed by atoms with Crippen molar-refractivity contribution in [2.24, 2.45) is 0 Å². The first-order valence-corrected chi connectivity index (χ1v) is 7.49. The number of halogens is 3. The third-order valence-electron chi connectivity index (χ3n) is 2.59. The SMILES string of the molecule is O=C(Nc1ccccc1)N[C@H](Oc1ccccc1)C(Cl)(Cl)Cl. The Morgan fingerprint density at radius 1 is 0.955 bits per heavy atom. The molecule has 2 aromatic carbocycles. The van der Waals surface area contributed by atoms with Crippen LogP contribution in [0.4, 0.5) is 10.5 Å². The molecule has 0 radical (unpaired) electrons. The van der Waals surface area contributed by atoms with Crippen LogP contribution in [0.5, 0.6) is 5.75 Å². The lowest BCUT2D eigenvalue weighted by Gasteiger charge is -2.26. The molecule has 1 atom stereocenters. The molecular weight excluding hydrogens is 347 g/mol. The summed E-state index contributed by atoms with van der Waals surface area (Å²) in [6.07, 6.45) is -1.15. The highest BCUT2D eigenvalue weighted by atomic mass is 35.6. The van der Waals surface area contributed by atoms with Gasteiger partial charge in [-0.15, -0.1) is 0 Å². The van der Waals surface area contributed by atoms with Crippen LogP contribution >= 0.6 is 34.8 Å². The van der Waals surface area contributed by atoms with Crippen LogP contribution in [-0.4, -0.2) is 16.1 Å². The van der Waals surface area contributed by atoms with E-state index in [0.717, 1.165) is 0 Å². The van der Waals surface area contributed by atoms with Gasteiger partial charge in [0.2, 0.25) is 10.0 Å². The van der Waals surface area contributed by atoms with E-state index in [1.54, 1.807) is 48.5 Å². The Hall–Kier alpha value is -1.62. The van der Waals surface area contributed by atoms with Crippen molar-refractivity contribution in [3.8, 4) is 5.75 Å². The van der Waals surface area contributed by atoms with E-state index in [4.69, 9.17) is 39.5 Å². The first-order chi connectivity index (χ1) is 10.4. The molecule has 116 valence electrons. The van der Waals surface area contributed by atoms with Crippen molar-refractivity contribution in [2.75, 3.05) is 5.32 Å². The zero-order chi connectivity index (χ0) is 16.0. The smallest absolute Gasteiger partial charge is 0.322 e. The van der Waals surface area contributed by atoms with Crippen molar-refractivity contribution in [1.82, 2.24) is 5.32 Å².